The van der Waals surface area contributed by atoms with Crippen molar-refractivity contribution in [1.29, 1.82) is 10.5 Å². The highest BCUT2D eigenvalue weighted by atomic mass is 79.9. The molecule has 0 aliphatic carbocycles. The Morgan fingerprint density at radius 3 is 2.21 bits per heavy atom. The minimum Gasteiger partial charge on any atom is -0.453 e. The van der Waals surface area contributed by atoms with Crippen molar-refractivity contribution in [3.05, 3.63) is 57.6 Å². The van der Waals surface area contributed by atoms with Crippen LogP contribution in [-0.2, 0) is 0 Å². The van der Waals surface area contributed by atoms with Crippen molar-refractivity contribution in [2.24, 2.45) is 0 Å². The van der Waals surface area contributed by atoms with Crippen LogP contribution < -0.4 is 4.74 Å². The predicted molar refractivity (Wildman–Crippen MR) is 74.8 cm³/mol. The SMILES string of the molecule is Cc1ccc(Oc2c(C#N)cccc2C#N)c(Br)c1. The van der Waals surface area contributed by atoms with Gasteiger partial charge < -0.3 is 4.74 Å². The third kappa shape index (κ3) is 2.76. The van der Waals surface area contributed by atoms with Gasteiger partial charge in [-0.15, -0.1) is 0 Å². The highest BCUT2D eigenvalue weighted by Crippen LogP contribution is 2.33. The van der Waals surface area contributed by atoms with Gasteiger partial charge in [0.1, 0.15) is 17.9 Å². The van der Waals surface area contributed by atoms with Gasteiger partial charge in [0.25, 0.3) is 0 Å². The summed E-state index contributed by atoms with van der Waals surface area (Å²) in [6.07, 6.45) is 0. The number of hydrogen-bond acceptors (Lipinski definition) is 3. The van der Waals surface area contributed by atoms with Crippen molar-refractivity contribution in [2.45, 2.75) is 6.92 Å². The molecule has 0 spiro atoms. The number of nitrogens with zero attached hydrogens (tertiary/aromatic N) is 2. The zero-order valence-corrected chi connectivity index (χ0v) is 11.7. The summed E-state index contributed by atoms with van der Waals surface area (Å²) in [6, 6.07) is 14.6. The average Bonchev–Trinajstić information content (AvgIpc) is 2.42. The first-order chi connectivity index (χ1) is 9.15. The van der Waals surface area contributed by atoms with Gasteiger partial charge in [-0.3, -0.25) is 0 Å². The number of benzene rings is 2. The molecule has 2 aromatic carbocycles. The van der Waals surface area contributed by atoms with E-state index in [1.165, 1.54) is 0 Å². The molecule has 0 N–H and O–H groups in total. The Labute approximate surface area is 119 Å². The van der Waals surface area contributed by atoms with Crippen molar-refractivity contribution in [1.82, 2.24) is 0 Å². The van der Waals surface area contributed by atoms with E-state index in [4.69, 9.17) is 15.3 Å². The molecule has 0 unspecified atom stereocenters. The van der Waals surface area contributed by atoms with Crippen molar-refractivity contribution in [3.8, 4) is 23.6 Å². The number of rotatable bonds is 2. The molecule has 2 rings (SSSR count). The van der Waals surface area contributed by atoms with E-state index >= 15 is 0 Å². The van der Waals surface area contributed by atoms with E-state index in [-0.39, 0.29) is 5.75 Å². The predicted octanol–water partition coefficient (Wildman–Crippen LogP) is 4.29. The maximum atomic E-state index is 9.08. The van der Waals surface area contributed by atoms with Crippen LogP contribution in [0, 0.1) is 29.6 Å². The lowest BCUT2D eigenvalue weighted by Crippen LogP contribution is -1.93. The van der Waals surface area contributed by atoms with Crippen LogP contribution in [0.4, 0.5) is 0 Å². The van der Waals surface area contributed by atoms with E-state index < -0.39 is 0 Å². The Hall–Kier alpha value is -2.30. The highest BCUT2D eigenvalue weighted by Gasteiger charge is 2.12. The van der Waals surface area contributed by atoms with Crippen LogP contribution in [0.15, 0.2) is 40.9 Å². The van der Waals surface area contributed by atoms with Crippen LogP contribution in [0.3, 0.4) is 0 Å². The molecule has 3 nitrogen and oxygen atoms in total. The second kappa shape index (κ2) is 5.56. The number of aryl methyl sites for hydroxylation is 1. The van der Waals surface area contributed by atoms with E-state index in [1.807, 2.05) is 31.2 Å². The Kier molecular flexibility index (Phi) is 3.85. The molecule has 0 saturated heterocycles. The molecule has 0 heterocycles. The smallest absolute Gasteiger partial charge is 0.162 e. The minimum atomic E-state index is 0.289. The molecule has 0 fully saturated rings. The summed E-state index contributed by atoms with van der Waals surface area (Å²) >= 11 is 3.41. The number of hydrogen-bond donors (Lipinski definition) is 0. The normalized spacial score (nSPS) is 9.47. The minimum absolute atomic E-state index is 0.289. The first-order valence-corrected chi connectivity index (χ1v) is 6.32. The summed E-state index contributed by atoms with van der Waals surface area (Å²) in [5.74, 6) is 0.863. The molecular formula is C15H9BrN2O. The van der Waals surface area contributed by atoms with Crippen LogP contribution >= 0.6 is 15.9 Å². The second-order valence-electron chi connectivity index (χ2n) is 3.94. The van der Waals surface area contributed by atoms with Crippen LogP contribution in [0.1, 0.15) is 16.7 Å². The second-order valence-corrected chi connectivity index (χ2v) is 4.80. The van der Waals surface area contributed by atoms with E-state index in [9.17, 15) is 0 Å². The molecule has 0 bridgehead atoms. The summed E-state index contributed by atoms with van der Waals surface area (Å²) in [7, 11) is 0. The number of para-hydroxylation sites is 1. The van der Waals surface area contributed by atoms with Gasteiger partial charge in [0.05, 0.1) is 15.6 Å². The fourth-order valence-electron chi connectivity index (χ4n) is 1.62. The molecular weight excluding hydrogens is 304 g/mol. The maximum absolute atomic E-state index is 9.08. The zero-order chi connectivity index (χ0) is 13.8. The van der Waals surface area contributed by atoms with Crippen molar-refractivity contribution in [3.63, 3.8) is 0 Å². The molecule has 0 radical (unpaired) electrons. The van der Waals surface area contributed by atoms with Gasteiger partial charge in [-0.1, -0.05) is 12.1 Å². The molecule has 0 aliphatic heterocycles. The van der Waals surface area contributed by atoms with E-state index in [0.29, 0.717) is 16.9 Å². The summed E-state index contributed by atoms with van der Waals surface area (Å²) in [6.45, 7) is 1.97. The summed E-state index contributed by atoms with van der Waals surface area (Å²) in [5.41, 5.74) is 1.77. The van der Waals surface area contributed by atoms with Crippen LogP contribution in [0.25, 0.3) is 0 Å². The first-order valence-electron chi connectivity index (χ1n) is 5.53. The molecule has 0 aromatic heterocycles. The van der Waals surface area contributed by atoms with Crippen LogP contribution in [0.5, 0.6) is 11.5 Å². The first kappa shape index (κ1) is 13.1. The quantitative estimate of drug-likeness (QED) is 0.831. The summed E-state index contributed by atoms with van der Waals surface area (Å²) in [4.78, 5) is 0. The third-order valence-electron chi connectivity index (χ3n) is 2.56. The van der Waals surface area contributed by atoms with E-state index in [1.54, 1.807) is 24.3 Å². The van der Waals surface area contributed by atoms with E-state index in [0.717, 1.165) is 10.0 Å². The monoisotopic (exact) mass is 312 g/mol. The molecule has 2 aromatic rings. The molecule has 0 saturated carbocycles. The maximum Gasteiger partial charge on any atom is 0.162 e. The highest BCUT2D eigenvalue weighted by molar-refractivity contribution is 9.10. The van der Waals surface area contributed by atoms with Crippen LogP contribution in [0.2, 0.25) is 0 Å². The summed E-state index contributed by atoms with van der Waals surface area (Å²) < 4.78 is 6.50. The average molecular weight is 313 g/mol. The topological polar surface area (TPSA) is 56.8 Å². The van der Waals surface area contributed by atoms with Gasteiger partial charge >= 0.3 is 0 Å². The van der Waals surface area contributed by atoms with Crippen LogP contribution in [-0.4, -0.2) is 0 Å². The molecule has 0 amide bonds. The van der Waals surface area contributed by atoms with E-state index in [2.05, 4.69) is 15.9 Å². The number of nitriles is 2. The Bertz CT molecular complexity index is 679. The Balaban J connectivity index is 2.49. The molecule has 92 valence electrons. The van der Waals surface area contributed by atoms with Crippen molar-refractivity contribution < 1.29 is 4.74 Å². The molecule has 4 heteroatoms. The molecule has 0 aliphatic rings. The van der Waals surface area contributed by atoms with Gasteiger partial charge in [0, 0.05) is 0 Å². The van der Waals surface area contributed by atoms with Crippen molar-refractivity contribution >= 4 is 15.9 Å². The van der Waals surface area contributed by atoms with Gasteiger partial charge in [0.15, 0.2) is 5.75 Å². The van der Waals surface area contributed by atoms with Gasteiger partial charge in [-0.25, -0.2) is 0 Å². The summed E-state index contributed by atoms with van der Waals surface area (Å²) in [5, 5.41) is 18.2. The van der Waals surface area contributed by atoms with Gasteiger partial charge in [0.2, 0.25) is 0 Å². The lowest BCUT2D eigenvalue weighted by Gasteiger charge is -2.10. The fraction of sp³-hybridized carbons (Fsp3) is 0.0667. The fourth-order valence-corrected chi connectivity index (χ4v) is 2.20. The lowest BCUT2D eigenvalue weighted by atomic mass is 10.1. The standard InChI is InChI=1S/C15H9BrN2O/c1-10-5-6-14(13(16)7-10)19-15-11(8-17)3-2-4-12(15)9-18/h2-7H,1H3. The largest absolute Gasteiger partial charge is 0.453 e. The third-order valence-corrected chi connectivity index (χ3v) is 3.18. The van der Waals surface area contributed by atoms with Gasteiger partial charge in [-0.05, 0) is 52.7 Å². The Morgan fingerprint density at radius 1 is 1.05 bits per heavy atom. The number of halogens is 1. The molecule has 0 atom stereocenters. The molecule has 19 heavy (non-hydrogen) atoms. The lowest BCUT2D eigenvalue weighted by molar-refractivity contribution is 0.476. The van der Waals surface area contributed by atoms with Crippen molar-refractivity contribution in [2.75, 3.05) is 0 Å². The van der Waals surface area contributed by atoms with Gasteiger partial charge in [-0.2, -0.15) is 10.5 Å². The Morgan fingerprint density at radius 2 is 1.68 bits per heavy atom. The zero-order valence-electron chi connectivity index (χ0n) is 10.1. The number of ether oxygens (including phenoxy) is 1.